The number of piperazine rings is 1. The van der Waals surface area contributed by atoms with Crippen molar-refractivity contribution in [3.63, 3.8) is 0 Å². The summed E-state index contributed by atoms with van der Waals surface area (Å²) < 4.78 is 6.50. The third-order valence-corrected chi connectivity index (χ3v) is 4.81. The molecule has 2 heterocycles. The fourth-order valence-corrected chi connectivity index (χ4v) is 3.33. The van der Waals surface area contributed by atoms with Crippen molar-refractivity contribution in [1.29, 1.82) is 0 Å². The highest BCUT2D eigenvalue weighted by molar-refractivity contribution is 9.10. The van der Waals surface area contributed by atoms with Crippen molar-refractivity contribution < 1.29 is 9.53 Å². The number of halogens is 1. The summed E-state index contributed by atoms with van der Waals surface area (Å²) in [4.78, 5) is 17.8. The van der Waals surface area contributed by atoms with Crippen molar-refractivity contribution in [3.05, 3.63) is 40.1 Å². The normalized spacial score (nSPS) is 17.0. The molecule has 0 bridgehead atoms. The lowest BCUT2D eigenvalue weighted by Crippen LogP contribution is -2.51. The lowest BCUT2D eigenvalue weighted by molar-refractivity contribution is 0.0116. The van der Waals surface area contributed by atoms with Crippen LogP contribution in [-0.4, -0.2) is 67.9 Å². The Morgan fingerprint density at radius 1 is 1.15 bits per heavy atom. The Labute approximate surface area is 167 Å². The summed E-state index contributed by atoms with van der Waals surface area (Å²) in [5.74, 6) is 0.658. The van der Waals surface area contributed by atoms with E-state index in [-0.39, 0.29) is 12.1 Å². The molecule has 0 N–H and O–H groups in total. The Kier molecular flexibility index (Phi) is 5.81. The van der Waals surface area contributed by atoms with Crippen molar-refractivity contribution >= 4 is 22.0 Å². The van der Waals surface area contributed by atoms with E-state index in [0.717, 1.165) is 10.0 Å². The molecule has 1 aliphatic heterocycles. The molecule has 0 radical (unpaired) electrons. The van der Waals surface area contributed by atoms with Crippen LogP contribution in [0.2, 0.25) is 0 Å². The first-order valence-electron chi connectivity index (χ1n) is 8.94. The van der Waals surface area contributed by atoms with E-state index < -0.39 is 5.60 Å². The molecule has 8 nitrogen and oxygen atoms in total. The molecule has 0 aliphatic carbocycles. The van der Waals surface area contributed by atoms with Gasteiger partial charge in [-0.05, 0) is 43.7 Å². The first kappa shape index (κ1) is 19.8. The summed E-state index contributed by atoms with van der Waals surface area (Å²) in [5.41, 5.74) is 0.606. The van der Waals surface area contributed by atoms with Gasteiger partial charge in [0.2, 0.25) is 0 Å². The summed E-state index contributed by atoms with van der Waals surface area (Å²) >= 11 is 3.48. The predicted molar refractivity (Wildman–Crippen MR) is 104 cm³/mol. The third kappa shape index (κ3) is 5.04. The summed E-state index contributed by atoms with van der Waals surface area (Å²) in [5, 5.41) is 12.7. The van der Waals surface area contributed by atoms with E-state index in [1.165, 1.54) is 4.80 Å². The van der Waals surface area contributed by atoms with Crippen LogP contribution in [-0.2, 0) is 11.8 Å². The van der Waals surface area contributed by atoms with Crippen molar-refractivity contribution in [1.82, 2.24) is 30.0 Å². The van der Waals surface area contributed by atoms with Crippen LogP contribution in [0.1, 0.15) is 38.2 Å². The molecule has 1 aliphatic rings. The number of carbonyl (C=O) groups excluding carboxylic acids is 1. The molecule has 1 aromatic heterocycles. The number of hydrogen-bond donors (Lipinski definition) is 0. The largest absolute Gasteiger partial charge is 0.444 e. The van der Waals surface area contributed by atoms with Gasteiger partial charge in [-0.2, -0.15) is 4.80 Å². The van der Waals surface area contributed by atoms with Crippen molar-refractivity contribution in [2.45, 2.75) is 32.4 Å². The van der Waals surface area contributed by atoms with Gasteiger partial charge in [0.1, 0.15) is 5.60 Å². The quantitative estimate of drug-likeness (QED) is 0.735. The standard InChI is InChI=1S/C18H25BrN6O2/c1-18(2,3)27-17(26)25-11-9-24(10-12-25)15(16-20-22-23(4)21-16)13-5-7-14(19)8-6-13/h5-8,15H,9-12H2,1-4H3. The minimum Gasteiger partial charge on any atom is -0.444 e. The van der Waals surface area contributed by atoms with Crippen molar-refractivity contribution in [2.24, 2.45) is 7.05 Å². The third-order valence-electron chi connectivity index (χ3n) is 4.29. The zero-order chi connectivity index (χ0) is 19.6. The second-order valence-electron chi connectivity index (χ2n) is 7.59. The monoisotopic (exact) mass is 436 g/mol. The van der Waals surface area contributed by atoms with Gasteiger partial charge in [-0.1, -0.05) is 28.1 Å². The molecule has 146 valence electrons. The molecule has 0 saturated carbocycles. The van der Waals surface area contributed by atoms with E-state index in [1.807, 2.05) is 32.9 Å². The molecule has 1 saturated heterocycles. The second-order valence-corrected chi connectivity index (χ2v) is 8.51. The maximum absolute atomic E-state index is 12.3. The topological polar surface area (TPSA) is 76.4 Å². The molecule has 1 aromatic carbocycles. The number of ether oxygens (including phenoxy) is 1. The van der Waals surface area contributed by atoms with Gasteiger partial charge in [-0.25, -0.2) is 4.79 Å². The summed E-state index contributed by atoms with van der Waals surface area (Å²) in [6.07, 6.45) is -0.264. The minimum absolute atomic E-state index is 0.104. The number of carbonyl (C=O) groups is 1. The first-order valence-corrected chi connectivity index (χ1v) is 9.73. The van der Waals surface area contributed by atoms with E-state index in [9.17, 15) is 4.79 Å². The molecule has 3 rings (SSSR count). The SMILES string of the molecule is Cn1nnc(C(c2ccc(Br)cc2)N2CCN(C(=O)OC(C)(C)C)CC2)n1. The minimum atomic E-state index is -0.488. The van der Waals surface area contributed by atoms with Crippen LogP contribution < -0.4 is 0 Å². The molecule has 0 spiro atoms. The lowest BCUT2D eigenvalue weighted by atomic mass is 10.0. The van der Waals surface area contributed by atoms with Gasteiger partial charge >= 0.3 is 6.09 Å². The lowest BCUT2D eigenvalue weighted by Gasteiger charge is -2.38. The van der Waals surface area contributed by atoms with Crippen molar-refractivity contribution in [2.75, 3.05) is 26.2 Å². The van der Waals surface area contributed by atoms with E-state index in [4.69, 9.17) is 4.74 Å². The molecule has 1 fully saturated rings. The highest BCUT2D eigenvalue weighted by atomic mass is 79.9. The number of aryl methyl sites for hydroxylation is 1. The number of rotatable bonds is 3. The smallest absolute Gasteiger partial charge is 0.410 e. The molecular formula is C18H25BrN6O2. The second kappa shape index (κ2) is 7.93. The van der Waals surface area contributed by atoms with Gasteiger partial charge < -0.3 is 9.64 Å². The fraction of sp³-hybridized carbons (Fsp3) is 0.556. The van der Waals surface area contributed by atoms with Crippen LogP contribution >= 0.6 is 15.9 Å². The average Bonchev–Trinajstić information content (AvgIpc) is 3.02. The Hall–Kier alpha value is -2.00. The van der Waals surface area contributed by atoms with Gasteiger partial charge in [0, 0.05) is 30.7 Å². The van der Waals surface area contributed by atoms with Crippen LogP contribution in [0.25, 0.3) is 0 Å². The van der Waals surface area contributed by atoms with Crippen molar-refractivity contribution in [3.8, 4) is 0 Å². The van der Waals surface area contributed by atoms with E-state index in [2.05, 4.69) is 48.4 Å². The molecular weight excluding hydrogens is 412 g/mol. The maximum atomic E-state index is 12.3. The van der Waals surface area contributed by atoms with Gasteiger partial charge in [0.25, 0.3) is 0 Å². The number of amides is 1. The number of aromatic nitrogens is 4. The molecule has 9 heteroatoms. The fourth-order valence-electron chi connectivity index (χ4n) is 3.07. The summed E-state index contributed by atoms with van der Waals surface area (Å²) in [6.45, 7) is 8.25. The predicted octanol–water partition coefficient (Wildman–Crippen LogP) is 2.61. The average molecular weight is 437 g/mol. The van der Waals surface area contributed by atoms with E-state index in [0.29, 0.717) is 32.0 Å². The van der Waals surface area contributed by atoms with Crippen LogP contribution in [0.3, 0.4) is 0 Å². The zero-order valence-electron chi connectivity index (χ0n) is 16.1. The van der Waals surface area contributed by atoms with Crippen LogP contribution in [0.15, 0.2) is 28.7 Å². The number of tetrazole rings is 1. The number of nitrogens with zero attached hydrogens (tertiary/aromatic N) is 6. The van der Waals surface area contributed by atoms with Gasteiger partial charge in [0.15, 0.2) is 5.82 Å². The number of benzene rings is 1. The van der Waals surface area contributed by atoms with Gasteiger partial charge in [-0.15, -0.1) is 10.2 Å². The van der Waals surface area contributed by atoms with Crippen LogP contribution in [0.5, 0.6) is 0 Å². The van der Waals surface area contributed by atoms with Gasteiger partial charge in [0.05, 0.1) is 13.1 Å². The molecule has 1 unspecified atom stereocenters. The van der Waals surface area contributed by atoms with Crippen LogP contribution in [0, 0.1) is 0 Å². The highest BCUT2D eigenvalue weighted by Crippen LogP contribution is 2.28. The van der Waals surface area contributed by atoms with E-state index >= 15 is 0 Å². The molecule has 1 atom stereocenters. The molecule has 2 aromatic rings. The zero-order valence-corrected chi connectivity index (χ0v) is 17.7. The highest BCUT2D eigenvalue weighted by Gasteiger charge is 2.32. The maximum Gasteiger partial charge on any atom is 0.410 e. The Morgan fingerprint density at radius 3 is 2.30 bits per heavy atom. The Balaban J connectivity index is 1.75. The summed E-state index contributed by atoms with van der Waals surface area (Å²) in [6, 6.07) is 8.04. The van der Waals surface area contributed by atoms with Crippen LogP contribution in [0.4, 0.5) is 4.79 Å². The molecule has 1 amide bonds. The Morgan fingerprint density at radius 2 is 1.78 bits per heavy atom. The first-order chi connectivity index (χ1) is 12.7. The molecule has 27 heavy (non-hydrogen) atoms. The summed E-state index contributed by atoms with van der Waals surface area (Å²) in [7, 11) is 1.76. The number of hydrogen-bond acceptors (Lipinski definition) is 6. The van der Waals surface area contributed by atoms with E-state index in [1.54, 1.807) is 11.9 Å². The Bertz CT molecular complexity index is 778. The van der Waals surface area contributed by atoms with Gasteiger partial charge in [-0.3, -0.25) is 4.90 Å².